The molecule has 2 aliphatic carbocycles. The lowest BCUT2D eigenvalue weighted by molar-refractivity contribution is -0.186. The van der Waals surface area contributed by atoms with Crippen molar-refractivity contribution >= 4 is 5.91 Å². The monoisotopic (exact) mass is 357 g/mol. The lowest BCUT2D eigenvalue weighted by Crippen LogP contribution is -2.47. The fourth-order valence-electron chi connectivity index (χ4n) is 4.30. The van der Waals surface area contributed by atoms with Crippen molar-refractivity contribution in [2.45, 2.75) is 63.1 Å². The first kappa shape index (κ1) is 18.2. The van der Waals surface area contributed by atoms with Gasteiger partial charge in [-0.15, -0.1) is 0 Å². The van der Waals surface area contributed by atoms with Crippen molar-refractivity contribution in [1.82, 2.24) is 5.32 Å². The Morgan fingerprint density at radius 1 is 1.04 bits per heavy atom. The molecule has 2 nitrogen and oxygen atoms in total. The van der Waals surface area contributed by atoms with Gasteiger partial charge in [0, 0.05) is 5.92 Å². The van der Waals surface area contributed by atoms with Crippen LogP contribution in [0.1, 0.15) is 56.9 Å². The van der Waals surface area contributed by atoms with Crippen molar-refractivity contribution < 1.29 is 22.4 Å². The highest BCUT2D eigenvalue weighted by Gasteiger charge is 2.45. The first-order chi connectivity index (χ1) is 11.8. The van der Waals surface area contributed by atoms with Gasteiger partial charge in [-0.2, -0.15) is 13.2 Å². The predicted molar refractivity (Wildman–Crippen MR) is 86.2 cm³/mol. The third kappa shape index (κ3) is 3.98. The number of rotatable bonds is 3. The fourth-order valence-corrected chi connectivity index (χ4v) is 4.30. The van der Waals surface area contributed by atoms with Crippen LogP contribution < -0.4 is 5.32 Å². The minimum atomic E-state index is -4.24. The molecule has 1 aromatic rings. The van der Waals surface area contributed by atoms with Gasteiger partial charge >= 0.3 is 6.18 Å². The number of carbonyl (C=O) groups is 1. The summed E-state index contributed by atoms with van der Waals surface area (Å²) in [6.07, 6.45) is 0.0104. The molecule has 0 saturated heterocycles. The SMILES string of the molecule is O=C(NC1(c2ccc(F)cc2)CCCC1)C1CCCC(C(F)(F)F)C1. The second-order valence-corrected chi connectivity index (χ2v) is 7.39. The summed E-state index contributed by atoms with van der Waals surface area (Å²) in [6, 6.07) is 6.06. The maximum Gasteiger partial charge on any atom is 0.391 e. The smallest absolute Gasteiger partial charge is 0.346 e. The summed E-state index contributed by atoms with van der Waals surface area (Å²) < 4.78 is 52.2. The summed E-state index contributed by atoms with van der Waals surface area (Å²) in [5.41, 5.74) is 0.263. The van der Waals surface area contributed by atoms with Gasteiger partial charge in [0.05, 0.1) is 11.5 Å². The number of hydrogen-bond donors (Lipinski definition) is 1. The Bertz CT molecular complexity index is 605. The topological polar surface area (TPSA) is 29.1 Å². The van der Waals surface area contributed by atoms with Crippen molar-refractivity contribution in [3.63, 3.8) is 0 Å². The van der Waals surface area contributed by atoms with Gasteiger partial charge in [0.2, 0.25) is 5.91 Å². The van der Waals surface area contributed by atoms with Gasteiger partial charge in [-0.25, -0.2) is 4.39 Å². The molecule has 138 valence electrons. The highest BCUT2D eigenvalue weighted by Crippen LogP contribution is 2.42. The lowest BCUT2D eigenvalue weighted by atomic mass is 9.79. The fraction of sp³-hybridized carbons (Fsp3) is 0.632. The number of nitrogens with one attached hydrogen (secondary N) is 1. The van der Waals surface area contributed by atoms with Crippen LogP contribution in [0.25, 0.3) is 0 Å². The molecule has 2 aliphatic rings. The van der Waals surface area contributed by atoms with Crippen LogP contribution in [0.3, 0.4) is 0 Å². The minimum absolute atomic E-state index is 0.108. The van der Waals surface area contributed by atoms with E-state index >= 15 is 0 Å². The average molecular weight is 357 g/mol. The Morgan fingerprint density at radius 3 is 2.28 bits per heavy atom. The predicted octanol–water partition coefficient (Wildman–Crippen LogP) is 5.08. The first-order valence-corrected chi connectivity index (χ1v) is 8.95. The van der Waals surface area contributed by atoms with Crippen molar-refractivity contribution in [1.29, 1.82) is 0 Å². The summed E-state index contributed by atoms with van der Waals surface area (Å²) >= 11 is 0. The second kappa shape index (κ2) is 6.96. The Labute approximate surface area is 145 Å². The van der Waals surface area contributed by atoms with Crippen molar-refractivity contribution in [3.8, 4) is 0 Å². The van der Waals surface area contributed by atoms with Crippen molar-refractivity contribution in [2.24, 2.45) is 11.8 Å². The van der Waals surface area contributed by atoms with E-state index in [0.717, 1.165) is 31.2 Å². The van der Waals surface area contributed by atoms with Gasteiger partial charge in [-0.05, 0) is 49.8 Å². The second-order valence-electron chi connectivity index (χ2n) is 7.39. The molecule has 0 aromatic heterocycles. The number of hydrogen-bond acceptors (Lipinski definition) is 1. The van der Waals surface area contributed by atoms with Gasteiger partial charge in [0.1, 0.15) is 5.82 Å². The van der Waals surface area contributed by atoms with Gasteiger partial charge < -0.3 is 5.32 Å². The largest absolute Gasteiger partial charge is 0.391 e. The number of halogens is 4. The molecule has 6 heteroatoms. The Kier molecular flexibility index (Phi) is 5.07. The quantitative estimate of drug-likeness (QED) is 0.751. The van der Waals surface area contributed by atoms with E-state index in [1.165, 1.54) is 12.1 Å². The summed E-state index contributed by atoms with van der Waals surface area (Å²) in [6.45, 7) is 0. The molecule has 2 saturated carbocycles. The standard InChI is InChI=1S/C19H23F4NO/c20-16-8-6-14(7-9-16)18(10-1-2-11-18)24-17(25)13-4-3-5-15(12-13)19(21,22)23/h6-9,13,15H,1-5,10-12H2,(H,24,25). The molecule has 1 amide bonds. The Hall–Kier alpha value is -1.59. The van der Waals surface area contributed by atoms with E-state index in [9.17, 15) is 22.4 Å². The maximum absolute atomic E-state index is 13.2. The molecule has 1 N–H and O–H groups in total. The lowest BCUT2D eigenvalue weighted by Gasteiger charge is -2.35. The van der Waals surface area contributed by atoms with Crippen LogP contribution in [0, 0.1) is 17.7 Å². The van der Waals surface area contributed by atoms with Crippen LogP contribution in [-0.2, 0) is 10.3 Å². The molecule has 25 heavy (non-hydrogen) atoms. The molecule has 0 radical (unpaired) electrons. The molecule has 3 rings (SSSR count). The van der Waals surface area contributed by atoms with Crippen LogP contribution in [0.15, 0.2) is 24.3 Å². The van der Waals surface area contributed by atoms with Crippen LogP contribution in [0.2, 0.25) is 0 Å². The van der Waals surface area contributed by atoms with Gasteiger partial charge in [0.15, 0.2) is 0 Å². The zero-order valence-corrected chi connectivity index (χ0v) is 14.0. The minimum Gasteiger partial charge on any atom is -0.346 e. The Morgan fingerprint density at radius 2 is 1.68 bits per heavy atom. The van der Waals surface area contributed by atoms with E-state index in [1.54, 1.807) is 12.1 Å². The van der Waals surface area contributed by atoms with Crippen LogP contribution in [-0.4, -0.2) is 12.1 Å². The number of amides is 1. The molecule has 2 atom stereocenters. The number of carbonyl (C=O) groups excluding carboxylic acids is 1. The molecule has 0 bridgehead atoms. The Balaban J connectivity index is 1.74. The zero-order chi connectivity index (χ0) is 18.1. The number of benzene rings is 1. The van der Waals surface area contributed by atoms with Crippen LogP contribution >= 0.6 is 0 Å². The normalized spacial score (nSPS) is 26.4. The van der Waals surface area contributed by atoms with Gasteiger partial charge in [-0.3, -0.25) is 4.79 Å². The molecule has 0 heterocycles. The highest BCUT2D eigenvalue weighted by atomic mass is 19.4. The summed E-state index contributed by atoms with van der Waals surface area (Å²) in [5.74, 6) is -2.62. The van der Waals surface area contributed by atoms with E-state index in [0.29, 0.717) is 12.8 Å². The third-order valence-electron chi connectivity index (χ3n) is 5.72. The zero-order valence-electron chi connectivity index (χ0n) is 14.0. The van der Waals surface area contributed by atoms with E-state index in [1.807, 2.05) is 0 Å². The first-order valence-electron chi connectivity index (χ1n) is 8.95. The molecular formula is C19H23F4NO. The summed E-state index contributed by atoms with van der Waals surface area (Å²) in [4.78, 5) is 12.7. The van der Waals surface area contributed by atoms with Crippen molar-refractivity contribution in [2.75, 3.05) is 0 Å². The summed E-state index contributed by atoms with van der Waals surface area (Å²) in [7, 11) is 0. The maximum atomic E-state index is 13.2. The third-order valence-corrected chi connectivity index (χ3v) is 5.72. The average Bonchev–Trinajstić information content (AvgIpc) is 3.04. The van der Waals surface area contributed by atoms with Gasteiger partial charge in [-0.1, -0.05) is 31.4 Å². The number of alkyl halides is 3. The molecule has 2 unspecified atom stereocenters. The van der Waals surface area contributed by atoms with E-state index in [2.05, 4.69) is 5.32 Å². The highest BCUT2D eigenvalue weighted by molar-refractivity contribution is 5.80. The van der Waals surface area contributed by atoms with Crippen LogP contribution in [0.5, 0.6) is 0 Å². The van der Waals surface area contributed by atoms with Crippen molar-refractivity contribution in [3.05, 3.63) is 35.6 Å². The molecular weight excluding hydrogens is 334 g/mol. The van der Waals surface area contributed by atoms with Crippen LogP contribution in [0.4, 0.5) is 17.6 Å². The molecule has 2 fully saturated rings. The molecule has 0 spiro atoms. The summed E-state index contributed by atoms with van der Waals surface area (Å²) in [5, 5.41) is 3.04. The molecule has 0 aliphatic heterocycles. The van der Waals surface area contributed by atoms with E-state index in [-0.39, 0.29) is 24.6 Å². The van der Waals surface area contributed by atoms with Gasteiger partial charge in [0.25, 0.3) is 0 Å². The molecule has 1 aromatic carbocycles. The van der Waals surface area contributed by atoms with E-state index < -0.39 is 23.6 Å². The van der Waals surface area contributed by atoms with E-state index in [4.69, 9.17) is 0 Å².